The Morgan fingerprint density at radius 2 is 1.72 bits per heavy atom. The van der Waals surface area contributed by atoms with Crippen LogP contribution < -0.4 is 20.5 Å². The van der Waals surface area contributed by atoms with Crippen LogP contribution in [0.3, 0.4) is 0 Å². The zero-order valence-corrected chi connectivity index (χ0v) is 25.5. The number of nitrogens with one attached hydrogen (secondary N) is 1. The van der Waals surface area contributed by atoms with Gasteiger partial charge in [0.1, 0.15) is 12.2 Å². The van der Waals surface area contributed by atoms with Crippen LogP contribution in [0, 0.1) is 0 Å². The van der Waals surface area contributed by atoms with Crippen molar-refractivity contribution in [2.45, 2.75) is 39.9 Å². The van der Waals surface area contributed by atoms with Gasteiger partial charge in [0.15, 0.2) is 11.6 Å². The molecule has 1 saturated heterocycles. The molecule has 0 saturated carbocycles. The molecule has 1 fully saturated rings. The third-order valence-corrected chi connectivity index (χ3v) is 7.48. The summed E-state index contributed by atoms with van der Waals surface area (Å²) in [5, 5.41) is 6.55. The molecular weight excluding hydrogens is 635 g/mol. The van der Waals surface area contributed by atoms with Gasteiger partial charge >= 0.3 is 12.1 Å². The number of esters is 1. The number of carbonyl (C=O) groups is 3. The Labute approximate surface area is 263 Å². The molecule has 46 heavy (non-hydrogen) atoms. The van der Waals surface area contributed by atoms with Crippen molar-refractivity contribution < 1.29 is 32.3 Å². The number of fused-ring (bicyclic) bond motifs is 1. The maximum absolute atomic E-state index is 13.9. The summed E-state index contributed by atoms with van der Waals surface area (Å²) in [7, 11) is 0. The van der Waals surface area contributed by atoms with E-state index in [-0.39, 0.29) is 51.9 Å². The van der Waals surface area contributed by atoms with Crippen molar-refractivity contribution in [3.8, 4) is 17.4 Å². The Hall–Kier alpha value is -5.06. The minimum atomic E-state index is -4.62. The van der Waals surface area contributed by atoms with Crippen LogP contribution in [-0.4, -0.2) is 78.0 Å². The zero-order chi connectivity index (χ0) is 33.3. The molecule has 0 aliphatic carbocycles. The van der Waals surface area contributed by atoms with Crippen LogP contribution >= 0.6 is 11.6 Å². The molecule has 1 aromatic carbocycles. The molecular formula is C28H27ClF3N9O5. The fourth-order valence-electron chi connectivity index (χ4n) is 5.05. The van der Waals surface area contributed by atoms with Gasteiger partial charge in [-0.1, -0.05) is 18.5 Å². The first-order valence-electron chi connectivity index (χ1n) is 14.0. The van der Waals surface area contributed by atoms with Gasteiger partial charge in [0.25, 0.3) is 5.56 Å². The summed E-state index contributed by atoms with van der Waals surface area (Å²) in [6.07, 6.45) is -1.87. The summed E-state index contributed by atoms with van der Waals surface area (Å²) < 4.78 is 46.8. The van der Waals surface area contributed by atoms with Crippen LogP contribution in [0.25, 0.3) is 17.4 Å². The number of carbonyl (C=O) groups excluding carboxylic acids is 3. The van der Waals surface area contributed by atoms with Gasteiger partial charge < -0.3 is 24.4 Å². The van der Waals surface area contributed by atoms with Crippen LogP contribution in [0.5, 0.6) is 5.75 Å². The Bertz CT molecular complexity index is 1880. The highest BCUT2D eigenvalue weighted by Crippen LogP contribution is 2.34. The maximum Gasteiger partial charge on any atom is 0.416 e. The van der Waals surface area contributed by atoms with Crippen molar-refractivity contribution in [1.82, 2.24) is 34.0 Å². The minimum Gasteiger partial charge on any atom is -0.423 e. The summed E-state index contributed by atoms with van der Waals surface area (Å²) in [6.45, 7) is 5.46. The number of alkyl halides is 3. The van der Waals surface area contributed by atoms with Crippen molar-refractivity contribution >= 4 is 46.5 Å². The lowest BCUT2D eigenvalue weighted by molar-refractivity contribution is -0.137. The molecule has 3 aromatic heterocycles. The lowest BCUT2D eigenvalue weighted by Gasteiger charge is -2.36. The molecule has 1 aliphatic heterocycles. The monoisotopic (exact) mass is 661 g/mol. The molecule has 14 nitrogen and oxygen atoms in total. The summed E-state index contributed by atoms with van der Waals surface area (Å²) in [5.74, 6) is -1.34. The summed E-state index contributed by atoms with van der Waals surface area (Å²) in [5.41, 5.74) is -0.854. The third kappa shape index (κ3) is 6.63. The van der Waals surface area contributed by atoms with E-state index in [2.05, 4.69) is 25.4 Å². The van der Waals surface area contributed by atoms with E-state index in [1.165, 1.54) is 30.8 Å². The number of halogens is 4. The Balaban J connectivity index is 1.57. The highest BCUT2D eigenvalue weighted by molar-refractivity contribution is 6.33. The van der Waals surface area contributed by atoms with E-state index >= 15 is 0 Å². The largest absolute Gasteiger partial charge is 0.423 e. The number of piperazine rings is 1. The zero-order valence-electron chi connectivity index (χ0n) is 24.8. The first-order chi connectivity index (χ1) is 21.8. The maximum atomic E-state index is 13.9. The van der Waals surface area contributed by atoms with Crippen LogP contribution in [0.4, 0.5) is 24.5 Å². The van der Waals surface area contributed by atoms with Crippen molar-refractivity contribution in [3.63, 3.8) is 0 Å². The molecule has 18 heteroatoms. The van der Waals surface area contributed by atoms with Gasteiger partial charge in [-0.3, -0.25) is 19.2 Å². The number of ether oxygens (including phenoxy) is 1. The average Bonchev–Trinajstić information content (AvgIpc) is 3.45. The second kappa shape index (κ2) is 12.7. The van der Waals surface area contributed by atoms with Gasteiger partial charge in [0.2, 0.25) is 23.4 Å². The molecule has 1 N–H and O–H groups in total. The SMILES string of the molecule is CCc1c(N2CCN(C(C)=O)CC2)c(=O)n2nc(-c3ncc(OC(C)=O)cn3)nc2n1CC(=O)Nc1ccc(C(F)(F)F)cc1Cl. The van der Waals surface area contributed by atoms with E-state index in [1.54, 1.807) is 11.8 Å². The predicted octanol–water partition coefficient (Wildman–Crippen LogP) is 2.82. The second-order valence-corrected chi connectivity index (χ2v) is 10.7. The van der Waals surface area contributed by atoms with Gasteiger partial charge in [-0.15, -0.1) is 5.10 Å². The van der Waals surface area contributed by atoms with Gasteiger partial charge in [-0.2, -0.15) is 22.7 Å². The first-order valence-corrected chi connectivity index (χ1v) is 14.3. The van der Waals surface area contributed by atoms with E-state index < -0.39 is 35.7 Å². The Morgan fingerprint density at radius 3 is 2.28 bits per heavy atom. The fourth-order valence-corrected chi connectivity index (χ4v) is 5.27. The number of hydrogen-bond donors (Lipinski definition) is 1. The van der Waals surface area contributed by atoms with E-state index in [0.29, 0.717) is 37.9 Å². The Kier molecular flexibility index (Phi) is 8.96. The summed E-state index contributed by atoms with van der Waals surface area (Å²) >= 11 is 6.06. The molecule has 1 aliphatic rings. The van der Waals surface area contributed by atoms with Crippen LogP contribution in [0.15, 0.2) is 35.4 Å². The van der Waals surface area contributed by atoms with Gasteiger partial charge in [0, 0.05) is 40.0 Å². The molecule has 0 bridgehead atoms. The topological polar surface area (TPSA) is 157 Å². The number of rotatable bonds is 7. The van der Waals surface area contributed by atoms with E-state index in [4.69, 9.17) is 16.3 Å². The summed E-state index contributed by atoms with van der Waals surface area (Å²) in [6, 6.07) is 2.56. The van der Waals surface area contributed by atoms with E-state index in [9.17, 15) is 32.3 Å². The number of hydrogen-bond acceptors (Lipinski definition) is 10. The number of amides is 2. The normalized spacial score (nSPS) is 13.6. The molecule has 4 heterocycles. The smallest absolute Gasteiger partial charge is 0.416 e. The van der Waals surface area contributed by atoms with Gasteiger partial charge in [-0.05, 0) is 24.6 Å². The molecule has 4 aromatic rings. The number of nitrogens with zero attached hydrogens (tertiary/aromatic N) is 8. The highest BCUT2D eigenvalue weighted by Gasteiger charge is 2.31. The molecule has 0 unspecified atom stereocenters. The van der Waals surface area contributed by atoms with E-state index in [0.717, 1.165) is 16.6 Å². The molecule has 0 spiro atoms. The van der Waals surface area contributed by atoms with Crippen molar-refractivity contribution in [2.75, 3.05) is 36.4 Å². The Morgan fingerprint density at radius 1 is 1.04 bits per heavy atom. The van der Waals surface area contributed by atoms with Crippen molar-refractivity contribution in [3.05, 3.63) is 57.2 Å². The molecule has 0 atom stereocenters. The second-order valence-electron chi connectivity index (χ2n) is 10.3. The lowest BCUT2D eigenvalue weighted by atomic mass is 10.2. The number of anilines is 2. The molecule has 242 valence electrons. The van der Waals surface area contributed by atoms with Gasteiger partial charge in [-0.25, -0.2) is 9.97 Å². The molecule has 5 rings (SSSR count). The van der Waals surface area contributed by atoms with Gasteiger partial charge in [0.05, 0.1) is 34.4 Å². The molecule has 0 radical (unpaired) electrons. The first kappa shape index (κ1) is 32.3. The molecule has 2 amide bonds. The van der Waals surface area contributed by atoms with Crippen molar-refractivity contribution in [2.24, 2.45) is 0 Å². The number of benzene rings is 1. The quantitative estimate of drug-likeness (QED) is 0.292. The number of aromatic nitrogens is 6. The van der Waals surface area contributed by atoms with Crippen LogP contribution in [-0.2, 0) is 33.5 Å². The lowest BCUT2D eigenvalue weighted by Crippen LogP contribution is -2.50. The predicted molar refractivity (Wildman–Crippen MR) is 159 cm³/mol. The minimum absolute atomic E-state index is 0.00112. The fraction of sp³-hybridized carbons (Fsp3) is 0.357. The van der Waals surface area contributed by atoms with Crippen LogP contribution in [0.1, 0.15) is 32.0 Å². The standard InChI is InChI=1S/C28H27ClF3N9O5/c1-4-21-23(39-9-7-38(8-10-39)15(2)42)26(45)41-27(36-25(37-41)24-33-12-18(13-34-24)46-16(3)43)40(21)14-22(44)35-20-6-5-17(11-19(20)29)28(30,31)32/h5-6,11-13H,4,7-10,14H2,1-3H3,(H,35,44). The van der Waals surface area contributed by atoms with E-state index in [1.807, 2.05) is 4.90 Å². The third-order valence-electron chi connectivity index (χ3n) is 7.16. The summed E-state index contributed by atoms with van der Waals surface area (Å²) in [4.78, 5) is 66.6. The van der Waals surface area contributed by atoms with Crippen molar-refractivity contribution in [1.29, 1.82) is 0 Å². The van der Waals surface area contributed by atoms with Crippen LogP contribution in [0.2, 0.25) is 5.02 Å². The average molecular weight is 662 g/mol. The highest BCUT2D eigenvalue weighted by atomic mass is 35.5.